The highest BCUT2D eigenvalue weighted by atomic mass is 35.5. The molecule has 0 fully saturated rings. The maximum absolute atomic E-state index is 12.8. The smallest absolute Gasteiger partial charge is 0.419 e. The first-order valence-corrected chi connectivity index (χ1v) is 9.76. The van der Waals surface area contributed by atoms with Crippen molar-refractivity contribution in [3.63, 3.8) is 0 Å². The van der Waals surface area contributed by atoms with Crippen LogP contribution in [0.25, 0.3) is 11.1 Å². The van der Waals surface area contributed by atoms with Gasteiger partial charge in [0.15, 0.2) is 17.1 Å². The summed E-state index contributed by atoms with van der Waals surface area (Å²) in [5, 5.41) is -0.0340. The molecule has 0 aliphatic carbocycles. The number of oxazole rings is 1. The van der Waals surface area contributed by atoms with Gasteiger partial charge >= 0.3 is 5.76 Å². The Kier molecular flexibility index (Phi) is 3.73. The van der Waals surface area contributed by atoms with E-state index in [0.717, 1.165) is 0 Å². The SMILES string of the molecule is Cn1c(=O)oc2cc(S(=O)(=O)Nc3ccc4c(c3)OC(C)(C)O4)c(Cl)cc21. The predicted octanol–water partition coefficient (Wildman–Crippen LogP) is 3.09. The summed E-state index contributed by atoms with van der Waals surface area (Å²) in [7, 11) is -2.53. The van der Waals surface area contributed by atoms with E-state index in [-0.39, 0.29) is 21.2 Å². The Labute approximate surface area is 159 Å². The molecule has 4 rings (SSSR count). The number of nitrogens with zero attached hydrogens (tertiary/aromatic N) is 1. The molecule has 0 amide bonds. The number of anilines is 1. The maximum Gasteiger partial charge on any atom is 0.419 e. The largest absolute Gasteiger partial charge is 0.449 e. The molecule has 0 spiro atoms. The molecule has 0 saturated carbocycles. The highest BCUT2D eigenvalue weighted by Gasteiger charge is 2.32. The molecular weight excluding hydrogens is 396 g/mol. The minimum Gasteiger partial charge on any atom is -0.449 e. The van der Waals surface area contributed by atoms with Gasteiger partial charge in [0, 0.05) is 33.0 Å². The molecular formula is C17H15ClN2O6S. The van der Waals surface area contributed by atoms with Crippen molar-refractivity contribution in [1.82, 2.24) is 4.57 Å². The first kappa shape index (κ1) is 17.7. The van der Waals surface area contributed by atoms with E-state index in [1.54, 1.807) is 26.0 Å². The zero-order chi connectivity index (χ0) is 19.6. The lowest BCUT2D eigenvalue weighted by molar-refractivity contribution is -0.0431. The average molecular weight is 411 g/mol. The van der Waals surface area contributed by atoms with Gasteiger partial charge in [-0.15, -0.1) is 0 Å². The fraction of sp³-hybridized carbons (Fsp3) is 0.235. The second-order valence-electron chi connectivity index (χ2n) is 6.55. The van der Waals surface area contributed by atoms with Gasteiger partial charge < -0.3 is 13.9 Å². The van der Waals surface area contributed by atoms with Crippen LogP contribution >= 0.6 is 11.6 Å². The van der Waals surface area contributed by atoms with E-state index in [1.807, 2.05) is 0 Å². The molecule has 0 atom stereocenters. The van der Waals surface area contributed by atoms with Crippen LogP contribution in [0, 0.1) is 0 Å². The number of ether oxygens (including phenoxy) is 2. The van der Waals surface area contributed by atoms with Crippen LogP contribution in [0.5, 0.6) is 11.5 Å². The highest BCUT2D eigenvalue weighted by Crippen LogP contribution is 2.41. The summed E-state index contributed by atoms with van der Waals surface area (Å²) >= 11 is 6.15. The first-order chi connectivity index (χ1) is 12.6. The molecule has 0 radical (unpaired) electrons. The van der Waals surface area contributed by atoms with Crippen molar-refractivity contribution < 1.29 is 22.3 Å². The molecule has 27 heavy (non-hydrogen) atoms. The number of halogens is 1. The van der Waals surface area contributed by atoms with E-state index in [2.05, 4.69) is 4.72 Å². The van der Waals surface area contributed by atoms with Crippen molar-refractivity contribution in [2.45, 2.75) is 24.5 Å². The van der Waals surface area contributed by atoms with Crippen molar-refractivity contribution in [2.75, 3.05) is 4.72 Å². The van der Waals surface area contributed by atoms with Crippen LogP contribution in [-0.2, 0) is 17.1 Å². The molecule has 8 nitrogen and oxygen atoms in total. The monoisotopic (exact) mass is 410 g/mol. The lowest BCUT2D eigenvalue weighted by Gasteiger charge is -2.16. The Hall–Kier alpha value is -2.65. The van der Waals surface area contributed by atoms with Gasteiger partial charge in [0.2, 0.25) is 5.79 Å². The van der Waals surface area contributed by atoms with Gasteiger partial charge in [-0.2, -0.15) is 0 Å². The standard InChI is InChI=1S/C17H15ClN2O6S/c1-17(2)25-12-5-4-9(6-14(12)26-17)19-27(22,23)15-8-13-11(7-10(15)18)20(3)16(21)24-13/h4-8,19H,1-3H3. The van der Waals surface area contributed by atoms with Crippen LogP contribution in [0.1, 0.15) is 13.8 Å². The Morgan fingerprint density at radius 3 is 2.56 bits per heavy atom. The fourth-order valence-electron chi connectivity index (χ4n) is 2.83. The number of nitrogens with one attached hydrogen (secondary N) is 1. The molecule has 2 aromatic carbocycles. The van der Waals surface area contributed by atoms with Crippen LogP contribution in [0.15, 0.2) is 44.4 Å². The molecule has 1 aliphatic rings. The summed E-state index contributed by atoms with van der Waals surface area (Å²) in [4.78, 5) is 11.4. The lowest BCUT2D eigenvalue weighted by atomic mass is 10.3. The van der Waals surface area contributed by atoms with Crippen molar-refractivity contribution >= 4 is 38.4 Å². The number of rotatable bonds is 3. The molecule has 0 unspecified atom stereocenters. The van der Waals surface area contributed by atoms with Crippen molar-refractivity contribution in [3.8, 4) is 11.5 Å². The van der Waals surface area contributed by atoms with Crippen LogP contribution in [0.2, 0.25) is 5.02 Å². The molecule has 1 aromatic heterocycles. The van der Waals surface area contributed by atoms with E-state index in [1.165, 1.54) is 29.8 Å². The summed E-state index contributed by atoms with van der Waals surface area (Å²) in [6, 6.07) is 7.28. The van der Waals surface area contributed by atoms with Crippen LogP contribution in [0.3, 0.4) is 0 Å². The van der Waals surface area contributed by atoms with Crippen LogP contribution < -0.4 is 20.0 Å². The number of hydrogen-bond acceptors (Lipinski definition) is 6. The highest BCUT2D eigenvalue weighted by molar-refractivity contribution is 7.92. The number of aryl methyl sites for hydroxylation is 1. The Morgan fingerprint density at radius 1 is 1.11 bits per heavy atom. The maximum atomic E-state index is 12.8. The third-order valence-corrected chi connectivity index (χ3v) is 5.89. The van der Waals surface area contributed by atoms with Gasteiger partial charge in [-0.25, -0.2) is 13.2 Å². The van der Waals surface area contributed by atoms with E-state index < -0.39 is 21.6 Å². The van der Waals surface area contributed by atoms with Crippen molar-refractivity contribution in [2.24, 2.45) is 7.05 Å². The van der Waals surface area contributed by atoms with Crippen LogP contribution in [0.4, 0.5) is 5.69 Å². The molecule has 0 saturated heterocycles. The lowest BCUT2D eigenvalue weighted by Crippen LogP contribution is -2.29. The van der Waals surface area contributed by atoms with Gasteiger partial charge in [0.25, 0.3) is 10.0 Å². The molecule has 10 heteroatoms. The number of benzene rings is 2. The summed E-state index contributed by atoms with van der Waals surface area (Å²) in [6.07, 6.45) is 0. The normalized spacial score (nSPS) is 15.3. The van der Waals surface area contributed by atoms with Gasteiger partial charge in [-0.05, 0) is 18.2 Å². The topological polar surface area (TPSA) is 99.8 Å². The Morgan fingerprint density at radius 2 is 1.81 bits per heavy atom. The van der Waals surface area contributed by atoms with Gasteiger partial charge in [-0.1, -0.05) is 11.6 Å². The summed E-state index contributed by atoms with van der Waals surface area (Å²) in [5.74, 6) is -0.481. The zero-order valence-corrected chi connectivity index (χ0v) is 16.1. The number of sulfonamides is 1. The zero-order valence-electron chi connectivity index (χ0n) is 14.6. The summed E-state index contributed by atoms with van der Waals surface area (Å²) in [6.45, 7) is 3.50. The molecule has 142 valence electrons. The van der Waals surface area contributed by atoms with Crippen molar-refractivity contribution in [3.05, 3.63) is 45.9 Å². The molecule has 1 N–H and O–H groups in total. The first-order valence-electron chi connectivity index (χ1n) is 7.90. The quantitative estimate of drug-likeness (QED) is 0.712. The molecule has 1 aliphatic heterocycles. The number of hydrogen-bond donors (Lipinski definition) is 1. The second kappa shape index (κ2) is 5.67. The van der Waals surface area contributed by atoms with Gasteiger partial charge in [0.05, 0.1) is 16.2 Å². The minimum absolute atomic E-state index is 0.0340. The molecule has 2 heterocycles. The molecule has 0 bridgehead atoms. The van der Waals surface area contributed by atoms with E-state index in [0.29, 0.717) is 17.0 Å². The summed E-state index contributed by atoms with van der Waals surface area (Å²) in [5.41, 5.74) is 0.801. The number of aromatic nitrogens is 1. The number of fused-ring (bicyclic) bond motifs is 2. The third kappa shape index (κ3) is 3.02. The van der Waals surface area contributed by atoms with Gasteiger partial charge in [0.1, 0.15) is 4.90 Å². The predicted molar refractivity (Wildman–Crippen MR) is 99.1 cm³/mol. The van der Waals surface area contributed by atoms with Crippen LogP contribution in [-0.4, -0.2) is 18.8 Å². The Balaban J connectivity index is 1.72. The Bertz CT molecular complexity index is 1240. The van der Waals surface area contributed by atoms with E-state index in [4.69, 9.17) is 25.5 Å². The average Bonchev–Trinajstić information content (AvgIpc) is 3.01. The summed E-state index contributed by atoms with van der Waals surface area (Å²) < 4.78 is 45.5. The van der Waals surface area contributed by atoms with Crippen molar-refractivity contribution in [1.29, 1.82) is 0 Å². The minimum atomic E-state index is -4.03. The van der Waals surface area contributed by atoms with E-state index in [9.17, 15) is 13.2 Å². The molecule has 3 aromatic rings. The fourth-order valence-corrected chi connectivity index (χ4v) is 4.42. The van der Waals surface area contributed by atoms with E-state index >= 15 is 0 Å². The van der Waals surface area contributed by atoms with Gasteiger partial charge in [-0.3, -0.25) is 9.29 Å². The third-order valence-electron chi connectivity index (χ3n) is 4.04. The second-order valence-corrected chi connectivity index (χ2v) is 8.61.